The first kappa shape index (κ1) is 18.2. The van der Waals surface area contributed by atoms with Crippen molar-refractivity contribution in [3.8, 4) is 0 Å². The highest BCUT2D eigenvalue weighted by molar-refractivity contribution is 6.07. The Kier molecular flexibility index (Phi) is 4.80. The highest BCUT2D eigenvalue weighted by atomic mass is 16.5. The summed E-state index contributed by atoms with van der Waals surface area (Å²) in [6, 6.07) is 1.63. The molecular weight excluding hydrogens is 344 g/mol. The van der Waals surface area contributed by atoms with E-state index in [1.165, 1.54) is 0 Å². The van der Waals surface area contributed by atoms with Crippen molar-refractivity contribution in [2.24, 2.45) is 5.10 Å². The number of urea groups is 1. The van der Waals surface area contributed by atoms with Crippen molar-refractivity contribution in [2.75, 3.05) is 6.61 Å². The van der Waals surface area contributed by atoms with Crippen LogP contribution in [0.5, 0.6) is 0 Å². The monoisotopic (exact) mass is 372 g/mol. The molecule has 0 unspecified atom stereocenters. The van der Waals surface area contributed by atoms with Crippen molar-refractivity contribution in [1.82, 2.24) is 14.9 Å². The molecular formula is C20H28N4O3. The first-order valence-electron chi connectivity index (χ1n) is 9.99. The van der Waals surface area contributed by atoms with Crippen LogP contribution < -0.4 is 5.32 Å². The third kappa shape index (κ3) is 3.29. The molecule has 2 saturated heterocycles. The minimum atomic E-state index is -0.733. The lowest BCUT2D eigenvalue weighted by Gasteiger charge is -2.29. The van der Waals surface area contributed by atoms with Gasteiger partial charge in [-0.15, -0.1) is 5.01 Å². The molecule has 1 aromatic heterocycles. The van der Waals surface area contributed by atoms with Gasteiger partial charge in [-0.2, -0.15) is 5.10 Å². The molecule has 27 heavy (non-hydrogen) atoms. The Labute approximate surface area is 159 Å². The summed E-state index contributed by atoms with van der Waals surface area (Å²) in [6.07, 6.45) is 8.56. The van der Waals surface area contributed by atoms with Gasteiger partial charge in [0, 0.05) is 30.1 Å². The lowest BCUT2D eigenvalue weighted by Crippen LogP contribution is -2.48. The molecule has 7 nitrogen and oxygen atoms in total. The number of hydrazone groups is 1. The van der Waals surface area contributed by atoms with Crippen LogP contribution in [-0.4, -0.2) is 46.0 Å². The summed E-state index contributed by atoms with van der Waals surface area (Å²) in [5.41, 5.74) is 2.40. The van der Waals surface area contributed by atoms with E-state index in [-0.39, 0.29) is 12.0 Å². The van der Waals surface area contributed by atoms with E-state index in [9.17, 15) is 9.59 Å². The van der Waals surface area contributed by atoms with Crippen LogP contribution >= 0.6 is 0 Å². The molecule has 146 valence electrons. The number of nitrogens with zero attached hydrogens (tertiary/aromatic N) is 3. The zero-order valence-corrected chi connectivity index (χ0v) is 16.2. The van der Waals surface area contributed by atoms with Gasteiger partial charge in [0.25, 0.3) is 5.91 Å². The predicted molar refractivity (Wildman–Crippen MR) is 102 cm³/mol. The van der Waals surface area contributed by atoms with Crippen LogP contribution in [-0.2, 0) is 16.1 Å². The van der Waals surface area contributed by atoms with Gasteiger partial charge in [-0.25, -0.2) is 4.79 Å². The number of carbonyl (C=O) groups excluding carboxylic acids is 2. The van der Waals surface area contributed by atoms with Gasteiger partial charge in [-0.05, 0) is 45.6 Å². The molecule has 3 heterocycles. The number of nitrogens with one attached hydrogen (secondary N) is 1. The number of carbonyl (C=O) groups is 2. The third-order valence-electron chi connectivity index (χ3n) is 6.18. The summed E-state index contributed by atoms with van der Waals surface area (Å²) in [5.74, 6) is -0.211. The highest BCUT2D eigenvalue weighted by Gasteiger charge is 2.51. The Morgan fingerprint density at radius 3 is 2.74 bits per heavy atom. The third-order valence-corrected chi connectivity index (χ3v) is 6.18. The Morgan fingerprint density at radius 2 is 2.04 bits per heavy atom. The molecule has 2 aliphatic heterocycles. The Bertz CT molecular complexity index is 770. The number of ether oxygens (including phenoxy) is 1. The molecule has 1 aliphatic carbocycles. The van der Waals surface area contributed by atoms with Crippen LogP contribution in [0.4, 0.5) is 4.79 Å². The van der Waals surface area contributed by atoms with Crippen molar-refractivity contribution in [3.05, 3.63) is 23.0 Å². The van der Waals surface area contributed by atoms with Crippen LogP contribution in [0, 0.1) is 13.8 Å². The Balaban J connectivity index is 1.51. The van der Waals surface area contributed by atoms with Gasteiger partial charge in [0.2, 0.25) is 0 Å². The van der Waals surface area contributed by atoms with Crippen molar-refractivity contribution in [3.63, 3.8) is 0 Å². The maximum Gasteiger partial charge on any atom is 0.346 e. The fraction of sp³-hybridized carbons (Fsp3) is 0.650. The van der Waals surface area contributed by atoms with Gasteiger partial charge < -0.3 is 14.6 Å². The second kappa shape index (κ2) is 7.11. The molecule has 0 aromatic carbocycles. The van der Waals surface area contributed by atoms with Gasteiger partial charge in [-0.3, -0.25) is 4.79 Å². The van der Waals surface area contributed by atoms with Gasteiger partial charge >= 0.3 is 6.03 Å². The number of amides is 3. The molecule has 0 radical (unpaired) electrons. The van der Waals surface area contributed by atoms with E-state index in [0.29, 0.717) is 12.8 Å². The average molecular weight is 372 g/mol. The van der Waals surface area contributed by atoms with E-state index in [4.69, 9.17) is 4.74 Å². The zero-order valence-electron chi connectivity index (χ0n) is 16.2. The second-order valence-corrected chi connectivity index (χ2v) is 8.01. The van der Waals surface area contributed by atoms with Gasteiger partial charge in [0.15, 0.2) is 0 Å². The number of rotatable bonds is 4. The summed E-state index contributed by atoms with van der Waals surface area (Å²) in [5, 5.41) is 8.15. The van der Waals surface area contributed by atoms with Crippen LogP contribution in [0.3, 0.4) is 0 Å². The van der Waals surface area contributed by atoms with Crippen molar-refractivity contribution in [2.45, 2.75) is 77.0 Å². The standard InChI is InChI=1S/C20H28N4O3/c1-14-11-16(15(2)23(14)13-17-7-6-10-27-17)12-21-24-18(25)20(22-19(24)26)8-4-3-5-9-20/h11-12,17H,3-10,13H2,1-2H3,(H,22,26)/b21-12-/t17-/m0/s1. The van der Waals surface area contributed by atoms with Crippen LogP contribution in [0.2, 0.25) is 0 Å². The first-order valence-corrected chi connectivity index (χ1v) is 9.99. The lowest BCUT2D eigenvalue weighted by molar-refractivity contribution is -0.132. The summed E-state index contributed by atoms with van der Waals surface area (Å²) >= 11 is 0. The molecule has 0 bridgehead atoms. The van der Waals surface area contributed by atoms with Gasteiger partial charge in [0.1, 0.15) is 5.54 Å². The fourth-order valence-corrected chi connectivity index (χ4v) is 4.56. The van der Waals surface area contributed by atoms with E-state index in [0.717, 1.165) is 67.2 Å². The predicted octanol–water partition coefficient (Wildman–Crippen LogP) is 2.87. The summed E-state index contributed by atoms with van der Waals surface area (Å²) in [7, 11) is 0. The Hall–Kier alpha value is -2.15. The van der Waals surface area contributed by atoms with E-state index in [2.05, 4.69) is 21.9 Å². The minimum absolute atomic E-state index is 0.211. The topological polar surface area (TPSA) is 75.9 Å². The minimum Gasteiger partial charge on any atom is -0.376 e. The normalized spacial score (nSPS) is 25.1. The first-order chi connectivity index (χ1) is 13.0. The van der Waals surface area contributed by atoms with Crippen molar-refractivity contribution >= 4 is 18.2 Å². The molecule has 3 fully saturated rings. The molecule has 1 saturated carbocycles. The summed E-state index contributed by atoms with van der Waals surface area (Å²) in [4.78, 5) is 25.1. The number of hydrogen-bond donors (Lipinski definition) is 1. The van der Waals surface area contributed by atoms with Gasteiger partial charge in [-0.1, -0.05) is 19.3 Å². The van der Waals surface area contributed by atoms with Crippen LogP contribution in [0.15, 0.2) is 11.2 Å². The largest absolute Gasteiger partial charge is 0.376 e. The quantitative estimate of drug-likeness (QED) is 0.652. The number of aryl methyl sites for hydroxylation is 1. The average Bonchev–Trinajstić information content (AvgIpc) is 3.31. The molecule has 3 amide bonds. The second-order valence-electron chi connectivity index (χ2n) is 8.01. The van der Waals surface area contributed by atoms with E-state index < -0.39 is 11.6 Å². The van der Waals surface area contributed by atoms with E-state index in [1.807, 2.05) is 13.0 Å². The summed E-state index contributed by atoms with van der Waals surface area (Å²) in [6.45, 7) is 5.77. The summed E-state index contributed by atoms with van der Waals surface area (Å²) < 4.78 is 7.98. The number of hydrogen-bond acceptors (Lipinski definition) is 4. The maximum atomic E-state index is 12.8. The van der Waals surface area contributed by atoms with Crippen LogP contribution in [0.25, 0.3) is 0 Å². The Morgan fingerprint density at radius 1 is 1.26 bits per heavy atom. The number of imide groups is 1. The molecule has 7 heteroatoms. The highest BCUT2D eigenvalue weighted by Crippen LogP contribution is 2.33. The molecule has 3 aliphatic rings. The lowest BCUT2D eigenvalue weighted by atomic mass is 9.82. The smallest absolute Gasteiger partial charge is 0.346 e. The molecule has 4 rings (SSSR count). The molecule has 1 spiro atoms. The maximum absolute atomic E-state index is 12.8. The SMILES string of the molecule is Cc1cc(/C=N\N2C(=O)NC3(CCCCC3)C2=O)c(C)n1C[C@@H]1CCCO1. The van der Waals surface area contributed by atoms with E-state index >= 15 is 0 Å². The van der Waals surface area contributed by atoms with Crippen molar-refractivity contribution < 1.29 is 14.3 Å². The number of aromatic nitrogens is 1. The molecule has 1 aromatic rings. The zero-order chi connectivity index (χ0) is 19.0. The molecule has 1 N–H and O–H groups in total. The van der Waals surface area contributed by atoms with E-state index in [1.54, 1.807) is 6.21 Å². The van der Waals surface area contributed by atoms with Crippen LogP contribution in [0.1, 0.15) is 61.9 Å². The van der Waals surface area contributed by atoms with Crippen molar-refractivity contribution in [1.29, 1.82) is 0 Å². The van der Waals surface area contributed by atoms with Gasteiger partial charge in [0.05, 0.1) is 12.3 Å². The molecule has 1 atom stereocenters. The fourth-order valence-electron chi connectivity index (χ4n) is 4.56.